The second kappa shape index (κ2) is 6.08. The van der Waals surface area contributed by atoms with Gasteiger partial charge < -0.3 is 15.7 Å². The first kappa shape index (κ1) is 14.4. The summed E-state index contributed by atoms with van der Waals surface area (Å²) in [6, 6.07) is 0. The van der Waals surface area contributed by atoms with Gasteiger partial charge >= 0.3 is 5.97 Å². The molecule has 0 aromatic heterocycles. The minimum Gasteiger partial charge on any atom is -0.480 e. The smallest absolute Gasteiger partial charge is 0.323 e. The lowest BCUT2D eigenvalue weighted by molar-refractivity contribution is -0.143. The van der Waals surface area contributed by atoms with Gasteiger partial charge in [0, 0.05) is 6.54 Å². The Labute approximate surface area is 92.4 Å². The number of carboxylic acid groups (broad SMARTS) is 1. The number of hydrogen-bond donors (Lipinski definition) is 2. The Bertz CT molecular complexity index is 203. The molecule has 1 atom stereocenters. The van der Waals surface area contributed by atoms with Crippen molar-refractivity contribution in [2.24, 2.45) is 11.7 Å². The van der Waals surface area contributed by atoms with Crippen LogP contribution in [0.25, 0.3) is 0 Å². The van der Waals surface area contributed by atoms with Crippen molar-refractivity contribution >= 4 is 5.97 Å². The summed E-state index contributed by atoms with van der Waals surface area (Å²) in [6.45, 7) is 7.64. The lowest BCUT2D eigenvalue weighted by Crippen LogP contribution is -2.47. The lowest BCUT2D eigenvalue weighted by atomic mass is 9.99. The van der Waals surface area contributed by atoms with Crippen molar-refractivity contribution in [3.05, 3.63) is 0 Å². The molecule has 0 saturated heterocycles. The van der Waals surface area contributed by atoms with Crippen molar-refractivity contribution in [1.82, 2.24) is 4.90 Å². The van der Waals surface area contributed by atoms with Crippen LogP contribution in [0.4, 0.5) is 0 Å². The summed E-state index contributed by atoms with van der Waals surface area (Å²) in [5, 5.41) is 8.83. The Hall–Kier alpha value is -0.610. The van der Waals surface area contributed by atoms with E-state index in [1.54, 1.807) is 6.92 Å². The molecule has 0 amide bonds. The quantitative estimate of drug-likeness (QED) is 0.670. The third-order valence-electron chi connectivity index (χ3n) is 2.59. The number of carbonyl (C=O) groups is 1. The second-order valence-corrected chi connectivity index (χ2v) is 4.96. The number of nitrogens with zero attached hydrogens (tertiary/aromatic N) is 1. The fourth-order valence-corrected chi connectivity index (χ4v) is 1.12. The molecule has 0 fully saturated rings. The summed E-state index contributed by atoms with van der Waals surface area (Å²) in [4.78, 5) is 12.9. The summed E-state index contributed by atoms with van der Waals surface area (Å²) in [5.74, 6) is -0.254. The molecule has 0 rings (SSSR count). The van der Waals surface area contributed by atoms with Gasteiger partial charge in [0.1, 0.15) is 5.54 Å². The van der Waals surface area contributed by atoms with Gasteiger partial charge in [-0.3, -0.25) is 4.79 Å². The van der Waals surface area contributed by atoms with Crippen LogP contribution in [0.3, 0.4) is 0 Å². The standard InChI is InChI=1S/C11H24N2O2/c1-9(2)5-7-13(4)8-6-11(3,12)10(14)15/h9H,5-8,12H2,1-4H3,(H,14,15). The molecule has 4 nitrogen and oxygen atoms in total. The maximum absolute atomic E-state index is 10.8. The molecule has 0 aromatic rings. The number of aliphatic carboxylic acids is 1. The zero-order valence-electron chi connectivity index (χ0n) is 10.3. The zero-order valence-corrected chi connectivity index (χ0v) is 10.3. The molecule has 1 unspecified atom stereocenters. The fraction of sp³-hybridized carbons (Fsp3) is 0.909. The maximum Gasteiger partial charge on any atom is 0.323 e. The van der Waals surface area contributed by atoms with E-state index in [1.807, 2.05) is 7.05 Å². The first-order valence-corrected chi connectivity index (χ1v) is 5.46. The molecule has 3 N–H and O–H groups in total. The van der Waals surface area contributed by atoms with Gasteiger partial charge in [0.25, 0.3) is 0 Å². The van der Waals surface area contributed by atoms with Gasteiger partial charge in [-0.25, -0.2) is 0 Å². The molecule has 90 valence electrons. The molecule has 4 heteroatoms. The van der Waals surface area contributed by atoms with Gasteiger partial charge in [0.2, 0.25) is 0 Å². The van der Waals surface area contributed by atoms with Crippen molar-refractivity contribution in [3.63, 3.8) is 0 Å². The highest BCUT2D eigenvalue weighted by Crippen LogP contribution is 2.08. The molecule has 0 aromatic carbocycles. The van der Waals surface area contributed by atoms with Gasteiger partial charge in [-0.05, 0) is 39.3 Å². The number of hydrogen-bond acceptors (Lipinski definition) is 3. The molecule has 0 aliphatic heterocycles. The Morgan fingerprint density at radius 2 is 2.00 bits per heavy atom. The molecular formula is C11H24N2O2. The molecule has 0 aliphatic rings. The molecule has 0 bridgehead atoms. The normalized spacial score (nSPS) is 15.7. The van der Waals surface area contributed by atoms with Crippen LogP contribution in [0.2, 0.25) is 0 Å². The van der Waals surface area contributed by atoms with Crippen molar-refractivity contribution in [1.29, 1.82) is 0 Å². The Kier molecular flexibility index (Phi) is 5.83. The summed E-state index contributed by atoms with van der Waals surface area (Å²) in [7, 11) is 2.00. The van der Waals surface area contributed by atoms with Gasteiger partial charge in [0.15, 0.2) is 0 Å². The van der Waals surface area contributed by atoms with Crippen LogP contribution >= 0.6 is 0 Å². The molecule has 0 spiro atoms. The van der Waals surface area contributed by atoms with Crippen molar-refractivity contribution in [2.45, 2.75) is 39.2 Å². The van der Waals surface area contributed by atoms with Gasteiger partial charge in [-0.15, -0.1) is 0 Å². The summed E-state index contributed by atoms with van der Waals surface area (Å²) >= 11 is 0. The predicted molar refractivity (Wildman–Crippen MR) is 61.8 cm³/mol. The highest BCUT2D eigenvalue weighted by molar-refractivity contribution is 5.77. The van der Waals surface area contributed by atoms with Crippen molar-refractivity contribution in [2.75, 3.05) is 20.1 Å². The van der Waals surface area contributed by atoms with E-state index in [0.717, 1.165) is 19.5 Å². The highest BCUT2D eigenvalue weighted by atomic mass is 16.4. The van der Waals surface area contributed by atoms with Crippen LogP contribution in [0, 0.1) is 5.92 Å². The van der Waals surface area contributed by atoms with E-state index in [2.05, 4.69) is 18.7 Å². The van der Waals surface area contributed by atoms with Crippen LogP contribution in [0.5, 0.6) is 0 Å². The Morgan fingerprint density at radius 3 is 2.40 bits per heavy atom. The van der Waals surface area contributed by atoms with E-state index in [1.165, 1.54) is 0 Å². The van der Waals surface area contributed by atoms with E-state index >= 15 is 0 Å². The first-order valence-electron chi connectivity index (χ1n) is 5.46. The van der Waals surface area contributed by atoms with E-state index in [9.17, 15) is 4.79 Å². The third-order valence-corrected chi connectivity index (χ3v) is 2.59. The topological polar surface area (TPSA) is 66.6 Å². The predicted octanol–water partition coefficient (Wildman–Crippen LogP) is 1.16. The maximum atomic E-state index is 10.8. The molecule has 0 aliphatic carbocycles. The van der Waals surface area contributed by atoms with E-state index in [4.69, 9.17) is 10.8 Å². The number of rotatable bonds is 7. The summed E-state index contributed by atoms with van der Waals surface area (Å²) < 4.78 is 0. The van der Waals surface area contributed by atoms with Gasteiger partial charge in [0.05, 0.1) is 0 Å². The molecular weight excluding hydrogens is 192 g/mol. The largest absolute Gasteiger partial charge is 0.480 e. The Morgan fingerprint density at radius 1 is 1.47 bits per heavy atom. The Balaban J connectivity index is 3.80. The summed E-state index contributed by atoms with van der Waals surface area (Å²) in [5.41, 5.74) is 4.53. The number of nitrogens with two attached hydrogens (primary N) is 1. The average molecular weight is 216 g/mol. The minimum absolute atomic E-state index is 0.483. The number of carboxylic acids is 1. The molecule has 0 heterocycles. The zero-order chi connectivity index (χ0) is 12.1. The third kappa shape index (κ3) is 6.47. The van der Waals surface area contributed by atoms with E-state index in [0.29, 0.717) is 12.3 Å². The van der Waals surface area contributed by atoms with Crippen LogP contribution in [0.1, 0.15) is 33.6 Å². The van der Waals surface area contributed by atoms with Gasteiger partial charge in [-0.2, -0.15) is 0 Å². The fourth-order valence-electron chi connectivity index (χ4n) is 1.12. The lowest BCUT2D eigenvalue weighted by Gasteiger charge is -2.24. The highest BCUT2D eigenvalue weighted by Gasteiger charge is 2.27. The van der Waals surface area contributed by atoms with Crippen molar-refractivity contribution < 1.29 is 9.90 Å². The SMILES string of the molecule is CC(C)CCN(C)CCC(C)(N)C(=O)O. The van der Waals surface area contributed by atoms with Gasteiger partial charge in [-0.1, -0.05) is 13.8 Å². The summed E-state index contributed by atoms with van der Waals surface area (Å²) in [6.07, 6.45) is 1.61. The van der Waals surface area contributed by atoms with Crippen molar-refractivity contribution in [3.8, 4) is 0 Å². The first-order chi connectivity index (χ1) is 6.75. The van der Waals surface area contributed by atoms with E-state index in [-0.39, 0.29) is 0 Å². The minimum atomic E-state index is -1.11. The second-order valence-electron chi connectivity index (χ2n) is 4.96. The van der Waals surface area contributed by atoms with Crippen LogP contribution in [-0.4, -0.2) is 41.7 Å². The molecule has 0 saturated carbocycles. The monoisotopic (exact) mass is 216 g/mol. The molecule has 15 heavy (non-hydrogen) atoms. The van der Waals surface area contributed by atoms with Crippen LogP contribution < -0.4 is 5.73 Å². The van der Waals surface area contributed by atoms with E-state index < -0.39 is 11.5 Å². The van der Waals surface area contributed by atoms with Crippen LogP contribution in [-0.2, 0) is 4.79 Å². The molecule has 0 radical (unpaired) electrons. The van der Waals surface area contributed by atoms with Crippen LogP contribution in [0.15, 0.2) is 0 Å². The average Bonchev–Trinajstić information content (AvgIpc) is 2.11.